The Labute approximate surface area is 210 Å². The van der Waals surface area contributed by atoms with Crippen LogP contribution in [0.15, 0.2) is 42.5 Å². The van der Waals surface area contributed by atoms with E-state index in [1.165, 1.54) is 5.56 Å². The molecule has 0 saturated carbocycles. The maximum atomic E-state index is 12.9. The van der Waals surface area contributed by atoms with Gasteiger partial charge in [-0.25, -0.2) is 0 Å². The molecule has 2 aromatic carbocycles. The van der Waals surface area contributed by atoms with Crippen LogP contribution in [0.4, 0.5) is 0 Å². The number of amides is 3. The van der Waals surface area contributed by atoms with Crippen molar-refractivity contribution in [2.75, 3.05) is 26.2 Å². The number of hydrogen-bond acceptors (Lipinski definition) is 5. The number of nitrogens with zero attached hydrogens (tertiary/aromatic N) is 3. The van der Waals surface area contributed by atoms with E-state index in [0.29, 0.717) is 30.9 Å². The van der Waals surface area contributed by atoms with E-state index >= 15 is 0 Å². The Morgan fingerprint density at radius 2 is 1.74 bits per heavy atom. The number of fused-ring (bicyclic) bond motifs is 1. The van der Waals surface area contributed by atoms with Gasteiger partial charge in [-0.15, -0.1) is 13.1 Å². The zero-order chi connectivity index (χ0) is 22.8. The molecule has 177 valence electrons. The number of piperidine rings is 1. The minimum Gasteiger partial charge on any atom is -0.660 e. The van der Waals surface area contributed by atoms with Crippen LogP contribution in [0, 0.1) is 0 Å². The number of piperazine rings is 1. The zero-order valence-electron chi connectivity index (χ0n) is 18.9. The Morgan fingerprint density at radius 1 is 1.00 bits per heavy atom. The molecule has 5 rings (SSSR count). The summed E-state index contributed by atoms with van der Waals surface area (Å²) in [6.07, 6.45) is 0.585. The predicted molar refractivity (Wildman–Crippen MR) is 122 cm³/mol. The smallest absolute Gasteiger partial charge is 0.255 e. The summed E-state index contributed by atoms with van der Waals surface area (Å²) in [6.45, 7) is 5.48. The molecule has 3 aliphatic rings. The molecule has 1 unspecified atom stereocenters. The fourth-order valence-corrected chi connectivity index (χ4v) is 4.66. The fourth-order valence-electron chi connectivity index (χ4n) is 4.66. The van der Waals surface area contributed by atoms with Crippen LogP contribution in [-0.2, 0) is 47.8 Å². The van der Waals surface area contributed by atoms with E-state index < -0.39 is 11.9 Å². The zero-order valence-corrected chi connectivity index (χ0v) is 20.3. The molecular formula is C25H27N4O4V-. The first-order valence-electron chi connectivity index (χ1n) is 11.4. The molecule has 1 atom stereocenters. The molecule has 3 aliphatic heterocycles. The van der Waals surface area contributed by atoms with Crippen molar-refractivity contribution in [1.29, 1.82) is 0 Å². The van der Waals surface area contributed by atoms with Gasteiger partial charge >= 0.3 is 0 Å². The number of ether oxygens (including phenoxy) is 1. The monoisotopic (exact) mass is 498 g/mol. The Morgan fingerprint density at radius 3 is 2.47 bits per heavy atom. The average Bonchev–Trinajstić information content (AvgIpc) is 3.16. The van der Waals surface area contributed by atoms with Crippen molar-refractivity contribution in [3.05, 3.63) is 70.0 Å². The van der Waals surface area contributed by atoms with Gasteiger partial charge in [-0.1, -0.05) is 30.3 Å². The first-order valence-corrected chi connectivity index (χ1v) is 11.4. The number of benzene rings is 2. The summed E-state index contributed by atoms with van der Waals surface area (Å²) in [7, 11) is 0. The number of imide groups is 1. The number of carbonyl (C=O) groups is 3. The molecule has 3 amide bonds. The van der Waals surface area contributed by atoms with Crippen LogP contribution in [0.25, 0.3) is 5.32 Å². The SMILES string of the molecule is O=C1CCC(N2Cc3c(OCc4ccc(CN5CC[N-]CC5)cc4)cccc3C2=O)C(=O)N1.[V]. The number of hydrogen-bond donors (Lipinski definition) is 1. The maximum absolute atomic E-state index is 12.9. The predicted octanol–water partition coefficient (Wildman–Crippen LogP) is 2.21. The van der Waals surface area contributed by atoms with E-state index in [9.17, 15) is 14.4 Å². The van der Waals surface area contributed by atoms with Crippen LogP contribution < -0.4 is 10.1 Å². The minimum absolute atomic E-state index is 0. The molecule has 2 fully saturated rings. The number of carbonyl (C=O) groups excluding carboxylic acids is 3. The third kappa shape index (κ3) is 5.20. The molecule has 8 nitrogen and oxygen atoms in total. The molecule has 1 radical (unpaired) electrons. The first-order chi connectivity index (χ1) is 16.1. The molecule has 1 N–H and O–H groups in total. The van der Waals surface area contributed by atoms with Crippen LogP contribution in [0.3, 0.4) is 0 Å². The van der Waals surface area contributed by atoms with E-state index in [-0.39, 0.29) is 36.8 Å². The maximum Gasteiger partial charge on any atom is 0.255 e. The first kappa shape index (κ1) is 24.5. The molecule has 9 heteroatoms. The molecule has 0 bridgehead atoms. The molecule has 0 spiro atoms. The summed E-state index contributed by atoms with van der Waals surface area (Å²) >= 11 is 0. The second-order valence-corrected chi connectivity index (χ2v) is 8.73. The summed E-state index contributed by atoms with van der Waals surface area (Å²) in [5, 5.41) is 6.72. The summed E-state index contributed by atoms with van der Waals surface area (Å²) in [5.41, 5.74) is 3.67. The van der Waals surface area contributed by atoms with Crippen molar-refractivity contribution in [2.45, 2.75) is 38.6 Å². The molecule has 3 heterocycles. The van der Waals surface area contributed by atoms with Gasteiger partial charge in [0, 0.05) is 42.6 Å². The third-order valence-electron chi connectivity index (χ3n) is 6.51. The van der Waals surface area contributed by atoms with Crippen molar-refractivity contribution < 1.29 is 37.7 Å². The van der Waals surface area contributed by atoms with Crippen LogP contribution in [0.5, 0.6) is 5.75 Å². The van der Waals surface area contributed by atoms with Gasteiger partial charge in [0.25, 0.3) is 5.91 Å². The molecular weight excluding hydrogens is 471 g/mol. The Kier molecular flexibility index (Phi) is 7.73. The Bertz CT molecular complexity index is 1070. The van der Waals surface area contributed by atoms with Crippen LogP contribution in [-0.4, -0.2) is 59.7 Å². The Hall–Kier alpha value is -2.65. The standard InChI is InChI=1S/C25H27N4O4.V/c30-23-9-8-21(24(31)27-23)29-15-20-19(25(29)32)2-1-3-22(20)33-16-18-6-4-17(5-7-18)14-28-12-10-26-11-13-28;/h1-7,21H,8-16H2,(H,27,30,31);/q-1;. The molecule has 34 heavy (non-hydrogen) atoms. The summed E-state index contributed by atoms with van der Waals surface area (Å²) in [5.74, 6) is -0.243. The summed E-state index contributed by atoms with van der Waals surface area (Å²) < 4.78 is 6.10. The third-order valence-corrected chi connectivity index (χ3v) is 6.51. The van der Waals surface area contributed by atoms with E-state index in [0.717, 1.165) is 43.9 Å². The van der Waals surface area contributed by atoms with Crippen molar-refractivity contribution in [3.8, 4) is 5.75 Å². The Balaban J connectivity index is 0.00000274. The molecule has 2 aromatic rings. The molecule has 0 aromatic heterocycles. The van der Waals surface area contributed by atoms with E-state index in [1.54, 1.807) is 17.0 Å². The number of nitrogens with one attached hydrogen (secondary N) is 1. The van der Waals surface area contributed by atoms with Crippen molar-refractivity contribution >= 4 is 17.7 Å². The van der Waals surface area contributed by atoms with Gasteiger partial charge < -0.3 is 19.9 Å². The van der Waals surface area contributed by atoms with Gasteiger partial charge in [0.2, 0.25) is 11.8 Å². The summed E-state index contributed by atoms with van der Waals surface area (Å²) in [6, 6.07) is 13.2. The second kappa shape index (κ2) is 10.7. The van der Waals surface area contributed by atoms with E-state index in [4.69, 9.17) is 4.74 Å². The largest absolute Gasteiger partial charge is 0.660 e. The van der Waals surface area contributed by atoms with Crippen LogP contribution >= 0.6 is 0 Å². The van der Waals surface area contributed by atoms with Crippen molar-refractivity contribution in [1.82, 2.24) is 15.1 Å². The number of rotatable bonds is 6. The van der Waals surface area contributed by atoms with E-state index in [2.05, 4.69) is 39.8 Å². The van der Waals surface area contributed by atoms with Gasteiger partial charge in [0.1, 0.15) is 18.4 Å². The quantitative estimate of drug-likeness (QED) is 0.617. The summed E-state index contributed by atoms with van der Waals surface area (Å²) in [4.78, 5) is 40.6. The van der Waals surface area contributed by atoms with Crippen molar-refractivity contribution in [3.63, 3.8) is 0 Å². The normalized spacial score (nSPS) is 20.5. The van der Waals surface area contributed by atoms with Crippen molar-refractivity contribution in [2.24, 2.45) is 0 Å². The van der Waals surface area contributed by atoms with Gasteiger partial charge in [0.05, 0.1) is 6.54 Å². The van der Waals surface area contributed by atoms with Gasteiger partial charge in [-0.05, 0) is 42.8 Å². The fraction of sp³-hybridized carbons (Fsp3) is 0.400. The van der Waals surface area contributed by atoms with Gasteiger partial charge in [-0.2, -0.15) is 0 Å². The minimum atomic E-state index is -0.628. The van der Waals surface area contributed by atoms with Gasteiger partial charge in [0.15, 0.2) is 0 Å². The van der Waals surface area contributed by atoms with Crippen LogP contribution in [0.1, 0.15) is 39.9 Å². The van der Waals surface area contributed by atoms with E-state index in [1.807, 2.05) is 6.07 Å². The van der Waals surface area contributed by atoms with Gasteiger partial charge in [-0.3, -0.25) is 19.7 Å². The average molecular weight is 498 g/mol. The molecule has 0 aliphatic carbocycles. The topological polar surface area (TPSA) is 93.1 Å². The molecule has 2 saturated heterocycles. The van der Waals surface area contributed by atoms with Crippen LogP contribution in [0.2, 0.25) is 0 Å². The second-order valence-electron chi connectivity index (χ2n) is 8.73.